The van der Waals surface area contributed by atoms with Gasteiger partial charge in [0.15, 0.2) is 5.82 Å². The summed E-state index contributed by atoms with van der Waals surface area (Å²) in [6, 6.07) is 2.75. The van der Waals surface area contributed by atoms with Crippen LogP contribution in [-0.2, 0) is 4.79 Å². The maximum absolute atomic E-state index is 11.5. The van der Waals surface area contributed by atoms with Gasteiger partial charge in [-0.2, -0.15) is 5.01 Å². The molecule has 6 nitrogen and oxygen atoms in total. The van der Waals surface area contributed by atoms with E-state index in [1.54, 1.807) is 28.3 Å². The molecule has 0 radical (unpaired) electrons. The van der Waals surface area contributed by atoms with Gasteiger partial charge in [-0.05, 0) is 12.1 Å². The molecule has 0 aromatic carbocycles. The van der Waals surface area contributed by atoms with Crippen LogP contribution in [0.5, 0.6) is 0 Å². The molecule has 2 heterocycles. The van der Waals surface area contributed by atoms with Crippen molar-refractivity contribution in [1.82, 2.24) is 9.99 Å². The van der Waals surface area contributed by atoms with E-state index in [2.05, 4.69) is 4.98 Å². The molecule has 18 heavy (non-hydrogen) atoms. The van der Waals surface area contributed by atoms with E-state index in [0.29, 0.717) is 17.4 Å². The maximum Gasteiger partial charge on any atom is 0.241 e. The Morgan fingerprint density at radius 1 is 1.72 bits per heavy atom. The van der Waals surface area contributed by atoms with E-state index < -0.39 is 18.2 Å². The van der Waals surface area contributed by atoms with Gasteiger partial charge in [0.2, 0.25) is 5.91 Å². The van der Waals surface area contributed by atoms with E-state index in [9.17, 15) is 9.90 Å². The SMILES string of the molecule is CCN1C(O)CC(C(N)=O)N1c1ncccc1Cl. The van der Waals surface area contributed by atoms with Crippen LogP contribution in [0.2, 0.25) is 5.02 Å². The first-order valence-corrected chi connectivity index (χ1v) is 6.07. The molecule has 1 saturated heterocycles. The highest BCUT2D eigenvalue weighted by atomic mass is 35.5. The zero-order valence-electron chi connectivity index (χ0n) is 9.95. The Balaban J connectivity index is 2.43. The van der Waals surface area contributed by atoms with E-state index in [1.165, 1.54) is 0 Å². The van der Waals surface area contributed by atoms with E-state index >= 15 is 0 Å². The Bertz CT molecular complexity index is 456. The average Bonchev–Trinajstić information content (AvgIpc) is 2.67. The minimum atomic E-state index is -0.759. The molecule has 2 atom stereocenters. The Morgan fingerprint density at radius 3 is 3.00 bits per heavy atom. The number of aromatic nitrogens is 1. The second-order valence-electron chi connectivity index (χ2n) is 4.04. The minimum Gasteiger partial charge on any atom is -0.377 e. The molecule has 2 unspecified atom stereocenters. The van der Waals surface area contributed by atoms with Gasteiger partial charge in [0, 0.05) is 19.2 Å². The molecule has 1 amide bonds. The number of amides is 1. The first kappa shape index (κ1) is 13.1. The highest BCUT2D eigenvalue weighted by molar-refractivity contribution is 6.33. The van der Waals surface area contributed by atoms with Gasteiger partial charge in [0.25, 0.3) is 0 Å². The Kier molecular flexibility index (Phi) is 3.70. The minimum absolute atomic E-state index is 0.246. The number of carbonyl (C=O) groups is 1. The van der Waals surface area contributed by atoms with Gasteiger partial charge in [-0.3, -0.25) is 9.80 Å². The zero-order valence-corrected chi connectivity index (χ0v) is 10.7. The fourth-order valence-electron chi connectivity index (χ4n) is 2.16. The number of hydrazine groups is 1. The number of hydrogen-bond donors (Lipinski definition) is 2. The van der Waals surface area contributed by atoms with Crippen LogP contribution < -0.4 is 10.7 Å². The third-order valence-electron chi connectivity index (χ3n) is 2.96. The number of nitrogens with two attached hydrogens (primary N) is 1. The van der Waals surface area contributed by atoms with Crippen molar-refractivity contribution in [2.75, 3.05) is 11.6 Å². The van der Waals surface area contributed by atoms with Crippen molar-refractivity contribution in [3.8, 4) is 0 Å². The molecule has 0 spiro atoms. The Labute approximate surface area is 110 Å². The van der Waals surface area contributed by atoms with Crippen molar-refractivity contribution in [3.63, 3.8) is 0 Å². The van der Waals surface area contributed by atoms with Crippen molar-refractivity contribution in [1.29, 1.82) is 0 Å². The van der Waals surface area contributed by atoms with Gasteiger partial charge in [-0.25, -0.2) is 4.98 Å². The quantitative estimate of drug-likeness (QED) is 0.828. The second kappa shape index (κ2) is 5.09. The van der Waals surface area contributed by atoms with Gasteiger partial charge in [-0.15, -0.1) is 0 Å². The molecular formula is C11H15ClN4O2. The van der Waals surface area contributed by atoms with Crippen LogP contribution in [0.15, 0.2) is 18.3 Å². The lowest BCUT2D eigenvalue weighted by atomic mass is 10.2. The number of anilines is 1. The molecule has 1 aliphatic rings. The molecule has 98 valence electrons. The molecule has 1 aromatic heterocycles. The summed E-state index contributed by atoms with van der Waals surface area (Å²) in [6.07, 6.45) is 1.07. The summed E-state index contributed by atoms with van der Waals surface area (Å²) in [6.45, 7) is 2.40. The van der Waals surface area contributed by atoms with Crippen molar-refractivity contribution in [2.24, 2.45) is 5.73 Å². The van der Waals surface area contributed by atoms with Crippen LogP contribution >= 0.6 is 11.6 Å². The van der Waals surface area contributed by atoms with Gasteiger partial charge in [0.05, 0.1) is 5.02 Å². The van der Waals surface area contributed by atoms with Crippen LogP contribution in [-0.4, -0.2) is 39.8 Å². The molecule has 1 aromatic rings. The van der Waals surface area contributed by atoms with Crippen molar-refractivity contribution in [2.45, 2.75) is 25.6 Å². The predicted molar refractivity (Wildman–Crippen MR) is 67.7 cm³/mol. The molecule has 1 fully saturated rings. The molecule has 2 rings (SSSR count). The summed E-state index contributed by atoms with van der Waals surface area (Å²) < 4.78 is 0. The molecule has 0 saturated carbocycles. The number of aliphatic hydroxyl groups excluding tert-OH is 1. The number of pyridine rings is 1. The first-order chi connectivity index (χ1) is 8.56. The normalized spacial score (nSPS) is 24.5. The predicted octanol–water partition coefficient (Wildman–Crippen LogP) is 0.354. The van der Waals surface area contributed by atoms with Crippen molar-refractivity contribution >= 4 is 23.3 Å². The summed E-state index contributed by atoms with van der Waals surface area (Å²) in [5.74, 6) is -0.0758. The maximum atomic E-state index is 11.5. The number of halogens is 1. The fraction of sp³-hybridized carbons (Fsp3) is 0.455. The first-order valence-electron chi connectivity index (χ1n) is 5.70. The number of hydrogen-bond acceptors (Lipinski definition) is 5. The van der Waals surface area contributed by atoms with Crippen molar-refractivity contribution in [3.05, 3.63) is 23.4 Å². The molecule has 3 N–H and O–H groups in total. The molecule has 0 aliphatic carbocycles. The lowest BCUT2D eigenvalue weighted by molar-refractivity contribution is -0.119. The third kappa shape index (κ3) is 2.14. The van der Waals surface area contributed by atoms with E-state index in [0.717, 1.165) is 0 Å². The number of carbonyl (C=O) groups excluding carboxylic acids is 1. The van der Waals surface area contributed by atoms with Crippen LogP contribution in [0.1, 0.15) is 13.3 Å². The number of primary amides is 1. The summed E-state index contributed by atoms with van der Waals surface area (Å²) in [7, 11) is 0. The summed E-state index contributed by atoms with van der Waals surface area (Å²) >= 11 is 6.08. The van der Waals surface area contributed by atoms with E-state index in [1.807, 2.05) is 6.92 Å². The molecule has 1 aliphatic heterocycles. The van der Waals surface area contributed by atoms with Gasteiger partial charge < -0.3 is 10.8 Å². The summed E-state index contributed by atoms with van der Waals surface area (Å²) in [5, 5.41) is 13.6. The standard InChI is InChI=1S/C11H15ClN4O2/c1-2-15-9(17)6-8(10(13)18)16(15)11-7(12)4-3-5-14-11/h3-5,8-9,17H,2,6H2,1H3,(H2,13,18). The topological polar surface area (TPSA) is 82.7 Å². The lowest BCUT2D eigenvalue weighted by Gasteiger charge is -2.32. The molecule has 7 heteroatoms. The highest BCUT2D eigenvalue weighted by Crippen LogP contribution is 2.32. The number of rotatable bonds is 3. The monoisotopic (exact) mass is 270 g/mol. The van der Waals surface area contributed by atoms with E-state index in [4.69, 9.17) is 17.3 Å². The summed E-state index contributed by atoms with van der Waals surface area (Å²) in [4.78, 5) is 15.6. The van der Waals surface area contributed by atoms with E-state index in [-0.39, 0.29) is 6.42 Å². The lowest BCUT2D eigenvalue weighted by Crippen LogP contribution is -2.48. The van der Waals surface area contributed by atoms with Crippen LogP contribution in [0.25, 0.3) is 0 Å². The fourth-order valence-corrected chi connectivity index (χ4v) is 2.37. The van der Waals surface area contributed by atoms with Crippen molar-refractivity contribution < 1.29 is 9.90 Å². The van der Waals surface area contributed by atoms with Crippen LogP contribution in [0.3, 0.4) is 0 Å². The average molecular weight is 271 g/mol. The number of nitrogens with zero attached hydrogens (tertiary/aromatic N) is 3. The summed E-state index contributed by atoms with van der Waals surface area (Å²) in [5.41, 5.74) is 5.37. The van der Waals surface area contributed by atoms with Crippen LogP contribution in [0, 0.1) is 0 Å². The largest absolute Gasteiger partial charge is 0.377 e. The van der Waals surface area contributed by atoms with Crippen LogP contribution in [0.4, 0.5) is 5.82 Å². The van der Waals surface area contributed by atoms with Gasteiger partial charge >= 0.3 is 0 Å². The second-order valence-corrected chi connectivity index (χ2v) is 4.45. The zero-order chi connectivity index (χ0) is 13.3. The highest BCUT2D eigenvalue weighted by Gasteiger charge is 2.42. The molecular weight excluding hydrogens is 256 g/mol. The smallest absolute Gasteiger partial charge is 0.241 e. The third-order valence-corrected chi connectivity index (χ3v) is 3.25. The van der Waals surface area contributed by atoms with Gasteiger partial charge in [0.1, 0.15) is 12.3 Å². The Hall–Kier alpha value is -1.37. The Morgan fingerprint density at radius 2 is 2.44 bits per heavy atom. The molecule has 0 bridgehead atoms. The van der Waals surface area contributed by atoms with Gasteiger partial charge in [-0.1, -0.05) is 18.5 Å². The number of aliphatic hydroxyl groups is 1.